The summed E-state index contributed by atoms with van der Waals surface area (Å²) in [4.78, 5) is 25.3. The molecule has 2 N–H and O–H groups in total. The van der Waals surface area contributed by atoms with E-state index < -0.39 is 5.97 Å². The van der Waals surface area contributed by atoms with Gasteiger partial charge >= 0.3 is 5.97 Å². The Hall–Kier alpha value is -1.79. The lowest BCUT2D eigenvalue weighted by molar-refractivity contribution is -0.141. The van der Waals surface area contributed by atoms with Crippen molar-refractivity contribution in [3.63, 3.8) is 0 Å². The first-order chi connectivity index (χ1) is 10.5. The summed E-state index contributed by atoms with van der Waals surface area (Å²) >= 11 is 0. The molecule has 1 heterocycles. The van der Waals surface area contributed by atoms with E-state index in [1.54, 1.807) is 19.1 Å². The van der Waals surface area contributed by atoms with E-state index in [1.165, 1.54) is 0 Å². The van der Waals surface area contributed by atoms with Gasteiger partial charge in [0.2, 0.25) is 5.91 Å². The molecular formula is C16H23ClN2O4. The summed E-state index contributed by atoms with van der Waals surface area (Å²) in [5.74, 6) is -0.698. The fourth-order valence-corrected chi connectivity index (χ4v) is 2.59. The molecule has 1 aromatic rings. The number of benzene rings is 1. The van der Waals surface area contributed by atoms with Gasteiger partial charge in [-0.2, -0.15) is 0 Å². The van der Waals surface area contributed by atoms with Gasteiger partial charge in [-0.3, -0.25) is 14.5 Å². The summed E-state index contributed by atoms with van der Waals surface area (Å²) < 4.78 is 5.49. The van der Waals surface area contributed by atoms with Crippen molar-refractivity contribution < 1.29 is 19.4 Å². The molecule has 6 nitrogen and oxygen atoms in total. The minimum Gasteiger partial charge on any atom is -0.492 e. The van der Waals surface area contributed by atoms with E-state index in [0.717, 1.165) is 0 Å². The topological polar surface area (TPSA) is 78.9 Å². The van der Waals surface area contributed by atoms with Crippen LogP contribution in [0.25, 0.3) is 0 Å². The van der Waals surface area contributed by atoms with E-state index >= 15 is 0 Å². The average molecular weight is 343 g/mol. The lowest BCUT2D eigenvalue weighted by Crippen LogP contribution is -2.41. The van der Waals surface area contributed by atoms with Gasteiger partial charge in [0.1, 0.15) is 5.75 Å². The van der Waals surface area contributed by atoms with E-state index in [-0.39, 0.29) is 30.3 Å². The largest absolute Gasteiger partial charge is 0.492 e. The molecule has 0 aliphatic carbocycles. The Morgan fingerprint density at radius 1 is 1.43 bits per heavy atom. The van der Waals surface area contributed by atoms with Crippen molar-refractivity contribution in [1.29, 1.82) is 0 Å². The molecule has 1 fully saturated rings. The number of amides is 1. The van der Waals surface area contributed by atoms with Gasteiger partial charge in [-0.15, -0.1) is 12.4 Å². The van der Waals surface area contributed by atoms with Gasteiger partial charge in [-0.05, 0) is 38.9 Å². The zero-order chi connectivity index (χ0) is 16.1. The number of hydrogen-bond acceptors (Lipinski definition) is 4. The Morgan fingerprint density at radius 2 is 2.13 bits per heavy atom. The standard InChI is InChI=1S/C16H22N2O4.ClH/c1-3-22-14-7-5-4-6-13(14)17-15(19)11(2)18-9-8-12(10-18)16(20)21;/h4-7,11-12H,3,8-10H2,1-2H3,(H,17,19)(H,20,21);1H. The Balaban J connectivity index is 0.00000264. The SMILES string of the molecule is CCOc1ccccc1NC(=O)C(C)N1CCC(C(=O)O)C1.Cl. The smallest absolute Gasteiger partial charge is 0.307 e. The highest BCUT2D eigenvalue weighted by Crippen LogP contribution is 2.25. The number of rotatable bonds is 6. The van der Waals surface area contributed by atoms with Gasteiger partial charge in [0, 0.05) is 6.54 Å². The highest BCUT2D eigenvalue weighted by Gasteiger charge is 2.33. The predicted octanol–water partition coefficient (Wildman–Crippen LogP) is 2.24. The number of carboxylic acids is 1. The van der Waals surface area contributed by atoms with Gasteiger partial charge in [-0.25, -0.2) is 0 Å². The molecule has 2 unspecified atom stereocenters. The Labute approximate surface area is 142 Å². The number of aliphatic carboxylic acids is 1. The quantitative estimate of drug-likeness (QED) is 0.829. The second-order valence-corrected chi connectivity index (χ2v) is 5.41. The Morgan fingerprint density at radius 3 is 2.74 bits per heavy atom. The van der Waals surface area contributed by atoms with Gasteiger partial charge in [0.25, 0.3) is 0 Å². The van der Waals surface area contributed by atoms with Crippen LogP contribution >= 0.6 is 12.4 Å². The molecule has 1 saturated heterocycles. The lowest BCUT2D eigenvalue weighted by atomic mass is 10.1. The summed E-state index contributed by atoms with van der Waals surface area (Å²) in [6.07, 6.45) is 0.586. The molecule has 2 atom stereocenters. The van der Waals surface area contributed by atoms with Gasteiger partial charge in [-0.1, -0.05) is 12.1 Å². The number of ether oxygens (including phenoxy) is 1. The minimum absolute atomic E-state index is 0. The van der Waals surface area contributed by atoms with Crippen LogP contribution in [0.3, 0.4) is 0 Å². The second kappa shape index (κ2) is 8.74. The summed E-state index contributed by atoms with van der Waals surface area (Å²) in [5.41, 5.74) is 0.634. The van der Waals surface area contributed by atoms with Crippen LogP contribution in [0.2, 0.25) is 0 Å². The first-order valence-electron chi connectivity index (χ1n) is 7.52. The number of anilines is 1. The third-order valence-corrected chi connectivity index (χ3v) is 3.94. The van der Waals surface area contributed by atoms with Crippen LogP contribution in [0, 0.1) is 5.92 Å². The first kappa shape index (κ1) is 19.3. The molecule has 7 heteroatoms. The zero-order valence-electron chi connectivity index (χ0n) is 13.3. The Kier molecular flexibility index (Phi) is 7.32. The van der Waals surface area contributed by atoms with E-state index in [1.807, 2.05) is 24.0 Å². The molecule has 128 valence electrons. The monoisotopic (exact) mass is 342 g/mol. The number of carboxylic acid groups (broad SMARTS) is 1. The molecule has 1 aliphatic heterocycles. The summed E-state index contributed by atoms with van der Waals surface area (Å²) in [7, 11) is 0. The van der Waals surface area contributed by atoms with Crippen molar-refractivity contribution in [3.05, 3.63) is 24.3 Å². The van der Waals surface area contributed by atoms with Crippen LogP contribution in [0.4, 0.5) is 5.69 Å². The third kappa shape index (κ3) is 4.84. The predicted molar refractivity (Wildman–Crippen MR) is 90.3 cm³/mol. The first-order valence-corrected chi connectivity index (χ1v) is 7.52. The van der Waals surface area contributed by atoms with Crippen LogP contribution in [0.1, 0.15) is 20.3 Å². The maximum Gasteiger partial charge on any atom is 0.307 e. The number of hydrogen-bond donors (Lipinski definition) is 2. The zero-order valence-corrected chi connectivity index (χ0v) is 14.1. The number of nitrogens with one attached hydrogen (secondary N) is 1. The summed E-state index contributed by atoms with van der Waals surface area (Å²) in [6.45, 7) is 5.24. The van der Waals surface area contributed by atoms with Crippen LogP contribution in [0.15, 0.2) is 24.3 Å². The molecule has 0 bridgehead atoms. The number of nitrogens with zero attached hydrogens (tertiary/aromatic N) is 1. The number of halogens is 1. The minimum atomic E-state index is -0.795. The third-order valence-electron chi connectivity index (χ3n) is 3.94. The van der Waals surface area contributed by atoms with Gasteiger partial charge in [0.05, 0.1) is 24.3 Å². The highest BCUT2D eigenvalue weighted by molar-refractivity contribution is 5.95. The summed E-state index contributed by atoms with van der Waals surface area (Å²) in [6, 6.07) is 6.90. The Bertz CT molecular complexity index is 553. The number of para-hydroxylation sites is 2. The van der Waals surface area contributed by atoms with E-state index in [0.29, 0.717) is 37.6 Å². The molecule has 0 radical (unpaired) electrons. The van der Waals surface area contributed by atoms with Crippen molar-refractivity contribution in [3.8, 4) is 5.75 Å². The lowest BCUT2D eigenvalue weighted by Gasteiger charge is -2.23. The molecule has 0 spiro atoms. The molecule has 1 amide bonds. The number of carbonyl (C=O) groups excluding carboxylic acids is 1. The van der Waals surface area contributed by atoms with Crippen molar-refractivity contribution in [2.24, 2.45) is 5.92 Å². The fourth-order valence-electron chi connectivity index (χ4n) is 2.59. The molecule has 0 saturated carbocycles. The van der Waals surface area contributed by atoms with Gasteiger partial charge < -0.3 is 15.2 Å². The molecule has 0 aromatic heterocycles. The second-order valence-electron chi connectivity index (χ2n) is 5.41. The molecule has 1 aromatic carbocycles. The van der Waals surface area contributed by atoms with Crippen LogP contribution in [0.5, 0.6) is 5.75 Å². The van der Waals surface area contributed by atoms with Crippen molar-refractivity contribution in [2.75, 3.05) is 25.0 Å². The fraction of sp³-hybridized carbons (Fsp3) is 0.500. The molecule has 2 rings (SSSR count). The van der Waals surface area contributed by atoms with Crippen molar-refractivity contribution in [1.82, 2.24) is 4.90 Å². The van der Waals surface area contributed by atoms with E-state index in [9.17, 15) is 9.59 Å². The van der Waals surface area contributed by atoms with Crippen molar-refractivity contribution in [2.45, 2.75) is 26.3 Å². The molecule has 23 heavy (non-hydrogen) atoms. The van der Waals surface area contributed by atoms with E-state index in [2.05, 4.69) is 5.32 Å². The maximum atomic E-state index is 12.4. The maximum absolute atomic E-state index is 12.4. The van der Waals surface area contributed by atoms with Crippen LogP contribution in [-0.2, 0) is 9.59 Å². The van der Waals surface area contributed by atoms with Gasteiger partial charge in [0.15, 0.2) is 0 Å². The highest BCUT2D eigenvalue weighted by atomic mass is 35.5. The molecule has 1 aliphatic rings. The average Bonchev–Trinajstić information content (AvgIpc) is 2.98. The van der Waals surface area contributed by atoms with Crippen LogP contribution in [-0.4, -0.2) is 47.6 Å². The molecular weight excluding hydrogens is 320 g/mol. The number of carbonyl (C=O) groups is 2. The summed E-state index contributed by atoms with van der Waals surface area (Å²) in [5, 5.41) is 11.9. The normalized spacial score (nSPS) is 18.8. The van der Waals surface area contributed by atoms with Crippen LogP contribution < -0.4 is 10.1 Å². The van der Waals surface area contributed by atoms with E-state index in [4.69, 9.17) is 9.84 Å². The van der Waals surface area contributed by atoms with Crippen molar-refractivity contribution >= 4 is 30.0 Å². The number of likely N-dealkylation sites (tertiary alicyclic amines) is 1.